The Labute approximate surface area is 241 Å². The first kappa shape index (κ1) is 31.7. The molecule has 0 radical (unpaired) electrons. The second-order valence-corrected chi connectivity index (χ2v) is 10.6. The van der Waals surface area contributed by atoms with Crippen LogP contribution in [0.3, 0.4) is 0 Å². The van der Waals surface area contributed by atoms with Gasteiger partial charge in [-0.15, -0.1) is 0 Å². The molecule has 7 nitrogen and oxygen atoms in total. The minimum atomic E-state index is -5.04. The fraction of sp³-hybridized carbons (Fsp3) is 0.379. The van der Waals surface area contributed by atoms with E-state index in [-0.39, 0.29) is 42.9 Å². The van der Waals surface area contributed by atoms with Gasteiger partial charge in [0.05, 0.1) is 11.1 Å². The third-order valence-electron chi connectivity index (χ3n) is 7.59. The molecule has 43 heavy (non-hydrogen) atoms. The Morgan fingerprint density at radius 3 is 2.05 bits per heavy atom. The van der Waals surface area contributed by atoms with Gasteiger partial charge in [0.2, 0.25) is 11.8 Å². The molecule has 1 aliphatic rings. The topological polar surface area (TPSA) is 86.0 Å². The van der Waals surface area contributed by atoms with Crippen LogP contribution < -0.4 is 0 Å². The number of alkyl halides is 6. The average molecular weight is 616 g/mol. The summed E-state index contributed by atoms with van der Waals surface area (Å²) in [5.41, 5.74) is -2.34. The van der Waals surface area contributed by atoms with E-state index in [0.717, 1.165) is 9.47 Å². The van der Waals surface area contributed by atoms with E-state index in [1.165, 1.54) is 42.3 Å². The number of aromatic nitrogens is 1. The first-order valence-electron chi connectivity index (χ1n) is 13.1. The number of carbonyl (C=O) groups excluding carboxylic acids is 2. The molecule has 1 saturated heterocycles. The zero-order valence-electron chi connectivity index (χ0n) is 23.0. The molecule has 3 aromatic rings. The highest BCUT2D eigenvalue weighted by Gasteiger charge is 2.40. The Bertz CT molecular complexity index is 1460. The third kappa shape index (κ3) is 7.05. The lowest BCUT2D eigenvalue weighted by Gasteiger charge is -2.40. The minimum Gasteiger partial charge on any atom is -0.494 e. The monoisotopic (exact) mass is 615 g/mol. The van der Waals surface area contributed by atoms with Crippen molar-refractivity contribution < 1.29 is 50.5 Å². The lowest BCUT2D eigenvalue weighted by atomic mass is 9.78. The fourth-order valence-corrected chi connectivity index (χ4v) is 5.43. The van der Waals surface area contributed by atoms with E-state index in [2.05, 4.69) is 0 Å². The van der Waals surface area contributed by atoms with Gasteiger partial charge in [-0.25, -0.2) is 4.39 Å². The summed E-state index contributed by atoms with van der Waals surface area (Å²) in [6, 6.07) is 7.45. The minimum absolute atomic E-state index is 0.0125. The standard InChI is InChI=1S/C29H28F7N3O4/c1-16-9-20(30)3-4-21(16)23-14-38(26(42)15-39-24(40)5-6-25(39)41)8-7-22(23)27(43)37(2)13-17-10-18(28(31,32)33)12-19(11-17)29(34,35)36/h3-6,9-12,22-23,40-41H,7-8,13-15H2,1-2H3/t22-,23+/m1/s1. The largest absolute Gasteiger partial charge is 0.494 e. The predicted octanol–water partition coefficient (Wildman–Crippen LogP) is 5.68. The summed E-state index contributed by atoms with van der Waals surface area (Å²) < 4.78 is 95.0. The first-order chi connectivity index (χ1) is 20.0. The number of amides is 2. The van der Waals surface area contributed by atoms with E-state index in [1.54, 1.807) is 6.92 Å². The Hall–Kier alpha value is -4.23. The molecule has 4 rings (SSSR count). The molecule has 0 bridgehead atoms. The van der Waals surface area contributed by atoms with Crippen LogP contribution in [0, 0.1) is 18.7 Å². The van der Waals surface area contributed by atoms with Crippen LogP contribution in [0.2, 0.25) is 0 Å². The smallest absolute Gasteiger partial charge is 0.416 e. The van der Waals surface area contributed by atoms with Crippen LogP contribution in [0.1, 0.15) is 40.2 Å². The van der Waals surface area contributed by atoms with Crippen molar-refractivity contribution in [1.82, 2.24) is 14.4 Å². The van der Waals surface area contributed by atoms with Crippen molar-refractivity contribution in [3.8, 4) is 11.8 Å². The highest BCUT2D eigenvalue weighted by molar-refractivity contribution is 5.81. The maximum atomic E-state index is 13.9. The molecule has 14 heteroatoms. The molecule has 0 saturated carbocycles. The van der Waals surface area contributed by atoms with Crippen LogP contribution in [0.25, 0.3) is 0 Å². The van der Waals surface area contributed by atoms with Gasteiger partial charge in [-0.2, -0.15) is 26.3 Å². The summed E-state index contributed by atoms with van der Waals surface area (Å²) in [5.74, 6) is -3.83. The number of halogens is 7. The molecule has 232 valence electrons. The van der Waals surface area contributed by atoms with E-state index in [1.807, 2.05) is 0 Å². The average Bonchev–Trinajstić information content (AvgIpc) is 3.23. The summed E-state index contributed by atoms with van der Waals surface area (Å²) >= 11 is 0. The zero-order valence-corrected chi connectivity index (χ0v) is 23.0. The van der Waals surface area contributed by atoms with Crippen LogP contribution >= 0.6 is 0 Å². The van der Waals surface area contributed by atoms with Gasteiger partial charge in [-0.3, -0.25) is 14.2 Å². The summed E-state index contributed by atoms with van der Waals surface area (Å²) in [5, 5.41) is 19.8. The maximum Gasteiger partial charge on any atom is 0.416 e. The van der Waals surface area contributed by atoms with Crippen LogP contribution in [-0.2, 0) is 35.0 Å². The number of hydrogen-bond donors (Lipinski definition) is 2. The van der Waals surface area contributed by atoms with Gasteiger partial charge in [0.15, 0.2) is 11.8 Å². The number of rotatable bonds is 6. The third-order valence-corrected chi connectivity index (χ3v) is 7.59. The summed E-state index contributed by atoms with van der Waals surface area (Å²) in [6.07, 6.45) is -10.0. The van der Waals surface area contributed by atoms with Gasteiger partial charge in [0.1, 0.15) is 12.4 Å². The van der Waals surface area contributed by atoms with Crippen LogP contribution in [0.4, 0.5) is 30.7 Å². The lowest BCUT2D eigenvalue weighted by Crippen LogP contribution is -2.48. The van der Waals surface area contributed by atoms with Crippen LogP contribution in [-0.4, -0.2) is 56.5 Å². The molecule has 0 unspecified atom stereocenters. The maximum absolute atomic E-state index is 13.9. The molecule has 0 aliphatic carbocycles. The number of likely N-dealkylation sites (tertiary alicyclic amines) is 1. The molecule has 2 heterocycles. The predicted molar refractivity (Wildman–Crippen MR) is 139 cm³/mol. The van der Waals surface area contributed by atoms with E-state index < -0.39 is 66.0 Å². The molecule has 2 atom stereocenters. The Morgan fingerprint density at radius 1 is 0.930 bits per heavy atom. The number of carbonyl (C=O) groups is 2. The molecular weight excluding hydrogens is 587 g/mol. The van der Waals surface area contributed by atoms with E-state index in [0.29, 0.717) is 23.3 Å². The summed E-state index contributed by atoms with van der Waals surface area (Å²) in [6.45, 7) is 0.688. The molecule has 2 amide bonds. The van der Waals surface area contributed by atoms with Crippen LogP contribution in [0.15, 0.2) is 48.5 Å². The number of aryl methyl sites for hydroxylation is 1. The SMILES string of the molecule is Cc1cc(F)ccc1[C@@H]1CN(C(=O)Cn2c(O)ccc2O)CC[C@H]1C(=O)N(C)Cc1cc(C(F)(F)F)cc(C(F)(F)F)c1. The number of hydrogen-bond acceptors (Lipinski definition) is 4. The molecule has 0 spiro atoms. The van der Waals surface area contributed by atoms with Crippen molar-refractivity contribution >= 4 is 11.8 Å². The van der Waals surface area contributed by atoms with Crippen molar-refractivity contribution in [2.45, 2.75) is 44.7 Å². The van der Waals surface area contributed by atoms with Gasteiger partial charge in [-0.05, 0) is 60.4 Å². The van der Waals surface area contributed by atoms with Crippen LogP contribution in [0.5, 0.6) is 11.8 Å². The quantitative estimate of drug-likeness (QED) is 0.350. The van der Waals surface area contributed by atoms with Gasteiger partial charge >= 0.3 is 12.4 Å². The van der Waals surface area contributed by atoms with Crippen molar-refractivity contribution in [3.05, 3.63) is 82.2 Å². The second-order valence-electron chi connectivity index (χ2n) is 10.6. The number of aromatic hydroxyl groups is 2. The molecule has 1 aliphatic heterocycles. The van der Waals surface area contributed by atoms with Crippen molar-refractivity contribution in [3.63, 3.8) is 0 Å². The number of piperidine rings is 1. The van der Waals surface area contributed by atoms with Crippen molar-refractivity contribution in [2.24, 2.45) is 5.92 Å². The lowest BCUT2D eigenvalue weighted by molar-refractivity contribution is -0.143. The molecular formula is C29H28F7N3O4. The second kappa shape index (κ2) is 11.8. The molecule has 1 aromatic heterocycles. The Kier molecular flexibility index (Phi) is 8.70. The first-order valence-corrected chi connectivity index (χ1v) is 13.1. The summed E-state index contributed by atoms with van der Waals surface area (Å²) in [7, 11) is 1.26. The van der Waals surface area contributed by atoms with Gasteiger partial charge in [0.25, 0.3) is 0 Å². The van der Waals surface area contributed by atoms with Gasteiger partial charge in [0, 0.05) is 50.7 Å². The molecule has 1 fully saturated rings. The zero-order chi connectivity index (χ0) is 31.9. The van der Waals surface area contributed by atoms with E-state index in [9.17, 15) is 50.5 Å². The normalized spacial score (nSPS) is 17.7. The van der Waals surface area contributed by atoms with E-state index >= 15 is 0 Å². The van der Waals surface area contributed by atoms with E-state index in [4.69, 9.17) is 0 Å². The highest BCUT2D eigenvalue weighted by Crippen LogP contribution is 2.38. The fourth-order valence-electron chi connectivity index (χ4n) is 5.43. The Morgan fingerprint density at radius 2 is 1.51 bits per heavy atom. The Balaban J connectivity index is 1.61. The van der Waals surface area contributed by atoms with Crippen molar-refractivity contribution in [2.75, 3.05) is 20.1 Å². The number of nitrogens with zero attached hydrogens (tertiary/aromatic N) is 3. The number of benzene rings is 2. The molecule has 2 N–H and O–H groups in total. The van der Waals surface area contributed by atoms with Gasteiger partial charge < -0.3 is 20.0 Å². The van der Waals surface area contributed by atoms with Gasteiger partial charge in [-0.1, -0.05) is 6.07 Å². The summed E-state index contributed by atoms with van der Waals surface area (Å²) in [4.78, 5) is 29.2. The highest BCUT2D eigenvalue weighted by atomic mass is 19.4. The molecule has 2 aromatic carbocycles. The van der Waals surface area contributed by atoms with Crippen molar-refractivity contribution in [1.29, 1.82) is 0 Å².